The van der Waals surface area contributed by atoms with E-state index in [4.69, 9.17) is 0 Å². The van der Waals surface area contributed by atoms with Crippen molar-refractivity contribution in [2.75, 3.05) is 6.54 Å². The molecule has 1 nitrogen and oxygen atoms in total. The Morgan fingerprint density at radius 1 is 1.43 bits per heavy atom. The van der Waals surface area contributed by atoms with Crippen LogP contribution in [0.2, 0.25) is 0 Å². The van der Waals surface area contributed by atoms with Crippen LogP contribution in [0.5, 0.6) is 0 Å². The van der Waals surface area contributed by atoms with Crippen LogP contribution in [0.1, 0.15) is 13.3 Å². The number of rotatable bonds is 2. The van der Waals surface area contributed by atoms with E-state index in [1.807, 2.05) is 0 Å². The molecule has 3 unspecified atom stereocenters. The zero-order valence-corrected chi connectivity index (χ0v) is 8.09. The summed E-state index contributed by atoms with van der Waals surface area (Å²) in [5.41, 5.74) is 0. The SMILES string of the molecule is C=NCC1C=CC(C(F)(F)F)C(C)C1. The van der Waals surface area contributed by atoms with Crippen molar-refractivity contribution < 1.29 is 13.2 Å². The highest BCUT2D eigenvalue weighted by Crippen LogP contribution is 2.39. The average molecular weight is 205 g/mol. The van der Waals surface area contributed by atoms with E-state index in [-0.39, 0.29) is 11.8 Å². The van der Waals surface area contributed by atoms with Crippen LogP contribution >= 0.6 is 0 Å². The minimum Gasteiger partial charge on any atom is -0.300 e. The molecule has 0 saturated carbocycles. The molecule has 0 aromatic carbocycles. The Labute approximate surface area is 81.7 Å². The van der Waals surface area contributed by atoms with Crippen molar-refractivity contribution in [3.63, 3.8) is 0 Å². The van der Waals surface area contributed by atoms with E-state index >= 15 is 0 Å². The van der Waals surface area contributed by atoms with Gasteiger partial charge in [0.1, 0.15) is 0 Å². The fourth-order valence-electron chi connectivity index (χ4n) is 1.90. The van der Waals surface area contributed by atoms with Crippen LogP contribution in [0.3, 0.4) is 0 Å². The molecule has 0 amide bonds. The highest BCUT2D eigenvalue weighted by Gasteiger charge is 2.43. The summed E-state index contributed by atoms with van der Waals surface area (Å²) in [7, 11) is 0. The number of hydrogen-bond donors (Lipinski definition) is 0. The van der Waals surface area contributed by atoms with Gasteiger partial charge in [0, 0.05) is 6.54 Å². The van der Waals surface area contributed by atoms with E-state index in [2.05, 4.69) is 11.7 Å². The molecule has 0 aromatic rings. The molecule has 1 rings (SSSR count). The summed E-state index contributed by atoms with van der Waals surface area (Å²) in [6, 6.07) is 0. The monoisotopic (exact) mass is 205 g/mol. The summed E-state index contributed by atoms with van der Waals surface area (Å²) in [4.78, 5) is 3.70. The third-order valence-electron chi connectivity index (χ3n) is 2.62. The third-order valence-corrected chi connectivity index (χ3v) is 2.62. The highest BCUT2D eigenvalue weighted by atomic mass is 19.4. The van der Waals surface area contributed by atoms with Crippen LogP contribution in [0.25, 0.3) is 0 Å². The lowest BCUT2D eigenvalue weighted by atomic mass is 9.80. The van der Waals surface area contributed by atoms with Gasteiger partial charge in [0.15, 0.2) is 0 Å². The molecule has 1 aliphatic rings. The second kappa shape index (κ2) is 4.15. The Morgan fingerprint density at radius 3 is 2.50 bits per heavy atom. The molecule has 80 valence electrons. The highest BCUT2D eigenvalue weighted by molar-refractivity contribution is 5.23. The molecule has 0 aromatic heterocycles. The predicted octanol–water partition coefficient (Wildman–Crippen LogP) is 3.08. The number of alkyl halides is 3. The summed E-state index contributed by atoms with van der Waals surface area (Å²) in [5, 5.41) is 0. The summed E-state index contributed by atoms with van der Waals surface area (Å²) in [6.07, 6.45) is -0.682. The van der Waals surface area contributed by atoms with E-state index in [9.17, 15) is 13.2 Å². The van der Waals surface area contributed by atoms with E-state index in [0.29, 0.717) is 13.0 Å². The van der Waals surface area contributed by atoms with Crippen molar-refractivity contribution in [1.82, 2.24) is 0 Å². The van der Waals surface area contributed by atoms with Gasteiger partial charge >= 0.3 is 6.18 Å². The summed E-state index contributed by atoms with van der Waals surface area (Å²) >= 11 is 0. The van der Waals surface area contributed by atoms with Crippen molar-refractivity contribution in [3.05, 3.63) is 12.2 Å². The number of nitrogens with zero attached hydrogens (tertiary/aromatic N) is 1. The van der Waals surface area contributed by atoms with Gasteiger partial charge in [-0.2, -0.15) is 13.2 Å². The Bertz CT molecular complexity index is 232. The first-order valence-electron chi connectivity index (χ1n) is 4.62. The van der Waals surface area contributed by atoms with Crippen LogP contribution in [-0.2, 0) is 0 Å². The van der Waals surface area contributed by atoms with E-state index < -0.39 is 12.1 Å². The second-order valence-corrected chi connectivity index (χ2v) is 3.83. The number of halogens is 3. The van der Waals surface area contributed by atoms with Crippen molar-refractivity contribution in [2.24, 2.45) is 22.7 Å². The van der Waals surface area contributed by atoms with Crippen LogP contribution in [-0.4, -0.2) is 19.4 Å². The van der Waals surface area contributed by atoms with Gasteiger partial charge < -0.3 is 4.99 Å². The van der Waals surface area contributed by atoms with Crippen LogP contribution in [0.4, 0.5) is 13.2 Å². The molecule has 14 heavy (non-hydrogen) atoms. The van der Waals surface area contributed by atoms with Gasteiger partial charge in [0.2, 0.25) is 0 Å². The summed E-state index contributed by atoms with van der Waals surface area (Å²) < 4.78 is 37.3. The van der Waals surface area contributed by atoms with Gasteiger partial charge in [-0.25, -0.2) is 0 Å². The first-order valence-corrected chi connectivity index (χ1v) is 4.62. The van der Waals surface area contributed by atoms with E-state index in [1.54, 1.807) is 13.0 Å². The Hall–Kier alpha value is -0.800. The maximum absolute atomic E-state index is 12.4. The maximum Gasteiger partial charge on any atom is 0.395 e. The fourth-order valence-corrected chi connectivity index (χ4v) is 1.90. The quantitative estimate of drug-likeness (QED) is 0.485. The van der Waals surface area contributed by atoms with Gasteiger partial charge in [-0.1, -0.05) is 19.1 Å². The zero-order valence-electron chi connectivity index (χ0n) is 8.09. The van der Waals surface area contributed by atoms with Gasteiger partial charge in [0.05, 0.1) is 5.92 Å². The first-order chi connectivity index (χ1) is 6.45. The maximum atomic E-state index is 12.4. The van der Waals surface area contributed by atoms with Crippen molar-refractivity contribution in [2.45, 2.75) is 19.5 Å². The van der Waals surface area contributed by atoms with Crippen LogP contribution < -0.4 is 0 Å². The lowest BCUT2D eigenvalue weighted by Gasteiger charge is -2.29. The van der Waals surface area contributed by atoms with Gasteiger partial charge in [-0.3, -0.25) is 0 Å². The summed E-state index contributed by atoms with van der Waals surface area (Å²) in [6.45, 7) is 5.50. The molecule has 0 bridgehead atoms. The Kier molecular flexibility index (Phi) is 3.34. The van der Waals surface area contributed by atoms with Crippen molar-refractivity contribution >= 4 is 6.72 Å². The Morgan fingerprint density at radius 2 is 2.07 bits per heavy atom. The lowest BCUT2D eigenvalue weighted by molar-refractivity contribution is -0.175. The molecule has 0 aliphatic heterocycles. The number of aliphatic imine (C=N–C) groups is 1. The van der Waals surface area contributed by atoms with Gasteiger partial charge in [-0.05, 0) is 25.0 Å². The smallest absolute Gasteiger partial charge is 0.300 e. The van der Waals surface area contributed by atoms with Crippen molar-refractivity contribution in [1.29, 1.82) is 0 Å². The molecule has 0 spiro atoms. The van der Waals surface area contributed by atoms with E-state index in [0.717, 1.165) is 0 Å². The van der Waals surface area contributed by atoms with Crippen LogP contribution in [0, 0.1) is 17.8 Å². The predicted molar refractivity (Wildman–Crippen MR) is 50.4 cm³/mol. The molecule has 3 atom stereocenters. The molecular formula is C10H14F3N. The van der Waals surface area contributed by atoms with Gasteiger partial charge in [0.25, 0.3) is 0 Å². The molecule has 4 heteroatoms. The molecule has 0 heterocycles. The molecule has 0 radical (unpaired) electrons. The largest absolute Gasteiger partial charge is 0.395 e. The average Bonchev–Trinajstić information content (AvgIpc) is 2.02. The third kappa shape index (κ3) is 2.59. The first kappa shape index (κ1) is 11.3. The molecule has 0 saturated heterocycles. The fraction of sp³-hybridized carbons (Fsp3) is 0.700. The van der Waals surface area contributed by atoms with Crippen LogP contribution in [0.15, 0.2) is 17.1 Å². The lowest BCUT2D eigenvalue weighted by Crippen LogP contribution is -2.31. The van der Waals surface area contributed by atoms with Crippen molar-refractivity contribution in [3.8, 4) is 0 Å². The minimum absolute atomic E-state index is 0.126. The molecule has 0 N–H and O–H groups in total. The molecular weight excluding hydrogens is 191 g/mol. The number of allylic oxidation sites excluding steroid dienone is 1. The normalized spacial score (nSPS) is 33.0. The zero-order chi connectivity index (χ0) is 10.8. The topological polar surface area (TPSA) is 12.4 Å². The van der Waals surface area contributed by atoms with E-state index in [1.165, 1.54) is 6.08 Å². The summed E-state index contributed by atoms with van der Waals surface area (Å²) in [5.74, 6) is -1.52. The minimum atomic E-state index is -4.11. The second-order valence-electron chi connectivity index (χ2n) is 3.83. The van der Waals surface area contributed by atoms with Gasteiger partial charge in [-0.15, -0.1) is 0 Å². The molecule has 1 aliphatic carbocycles. The standard InChI is InChI=1S/C10H14F3N/c1-7-5-8(6-14-2)3-4-9(7)10(11,12)13/h3-4,7-9H,2,5-6H2,1H3. The number of hydrogen-bond acceptors (Lipinski definition) is 1. The molecule has 0 fully saturated rings. The Balaban J connectivity index is 2.68.